The van der Waals surface area contributed by atoms with Gasteiger partial charge in [-0.25, -0.2) is 4.68 Å². The van der Waals surface area contributed by atoms with Crippen molar-refractivity contribution in [3.8, 4) is 5.69 Å². The lowest BCUT2D eigenvalue weighted by Crippen LogP contribution is -2.33. The molecule has 0 bridgehead atoms. The lowest BCUT2D eigenvalue weighted by atomic mass is 9.99. The molecule has 0 aliphatic heterocycles. The molecule has 0 aliphatic rings. The first-order chi connectivity index (χ1) is 14.0. The van der Waals surface area contributed by atoms with Crippen LogP contribution in [-0.2, 0) is 20.7 Å². The minimum atomic E-state index is -0.419. The van der Waals surface area contributed by atoms with Crippen LogP contribution in [0.2, 0.25) is 0 Å². The number of rotatable bonds is 11. The van der Waals surface area contributed by atoms with Gasteiger partial charge in [-0.2, -0.15) is 5.10 Å². The molecule has 2 aromatic rings. The number of aromatic nitrogens is 2. The maximum Gasteiger partial charge on any atom is 0.310 e. The molecular formula is C23H33N3O3. The number of carbonyl (C=O) groups excluding carboxylic acids is 2. The van der Waals surface area contributed by atoms with Crippen LogP contribution in [0.1, 0.15) is 56.5 Å². The Morgan fingerprint density at radius 1 is 1.17 bits per heavy atom. The Hall–Kier alpha value is -2.63. The predicted molar refractivity (Wildman–Crippen MR) is 114 cm³/mol. The molecule has 29 heavy (non-hydrogen) atoms. The quantitative estimate of drug-likeness (QED) is 0.582. The summed E-state index contributed by atoms with van der Waals surface area (Å²) in [6.07, 6.45) is 4.56. The van der Waals surface area contributed by atoms with Crippen molar-refractivity contribution >= 4 is 11.9 Å². The van der Waals surface area contributed by atoms with E-state index in [2.05, 4.69) is 24.3 Å². The summed E-state index contributed by atoms with van der Waals surface area (Å²) in [7, 11) is 0. The number of ether oxygens (including phenoxy) is 1. The first kappa shape index (κ1) is 22.7. The van der Waals surface area contributed by atoms with Gasteiger partial charge in [-0.1, -0.05) is 51.3 Å². The van der Waals surface area contributed by atoms with E-state index in [-0.39, 0.29) is 18.9 Å². The number of carbonyl (C=O) groups is 2. The number of amides is 1. The summed E-state index contributed by atoms with van der Waals surface area (Å²) in [4.78, 5) is 24.3. The van der Waals surface area contributed by atoms with Gasteiger partial charge in [-0.3, -0.25) is 9.59 Å². The highest BCUT2D eigenvalue weighted by atomic mass is 16.5. The highest BCUT2D eigenvalue weighted by Gasteiger charge is 2.17. The van der Waals surface area contributed by atoms with Crippen molar-refractivity contribution in [3.63, 3.8) is 0 Å². The topological polar surface area (TPSA) is 73.2 Å². The summed E-state index contributed by atoms with van der Waals surface area (Å²) < 4.78 is 7.02. The molecule has 0 unspecified atom stereocenters. The fraction of sp³-hybridized carbons (Fsp3) is 0.522. The Morgan fingerprint density at radius 2 is 1.90 bits per heavy atom. The summed E-state index contributed by atoms with van der Waals surface area (Å²) >= 11 is 0. The standard InChI is InChI=1S/C23H33N3O3/c1-5-7-11-19(6-2)15-24-22(27)16-29-23(28)14-21-17(3)25-26(18(21)4)20-12-9-8-10-13-20/h8-10,12-13,19H,5-7,11,14-16H2,1-4H3,(H,24,27)/t19-/m0/s1. The third-order valence-corrected chi connectivity index (χ3v) is 5.26. The van der Waals surface area contributed by atoms with Gasteiger partial charge in [0, 0.05) is 17.8 Å². The Bertz CT molecular complexity index is 799. The van der Waals surface area contributed by atoms with E-state index >= 15 is 0 Å². The molecule has 1 N–H and O–H groups in total. The van der Waals surface area contributed by atoms with Gasteiger partial charge >= 0.3 is 5.97 Å². The van der Waals surface area contributed by atoms with Gasteiger partial charge < -0.3 is 10.1 Å². The number of aryl methyl sites for hydroxylation is 1. The van der Waals surface area contributed by atoms with Gasteiger partial charge in [0.2, 0.25) is 0 Å². The first-order valence-corrected chi connectivity index (χ1v) is 10.5. The average molecular weight is 400 g/mol. The molecule has 0 saturated carbocycles. The summed E-state index contributed by atoms with van der Waals surface area (Å²) in [5.74, 6) is -0.192. The van der Waals surface area contributed by atoms with Gasteiger partial charge in [0.1, 0.15) is 0 Å². The van der Waals surface area contributed by atoms with Crippen LogP contribution in [0.3, 0.4) is 0 Å². The molecule has 0 spiro atoms. The van der Waals surface area contributed by atoms with Crippen LogP contribution in [0.15, 0.2) is 30.3 Å². The highest BCUT2D eigenvalue weighted by molar-refractivity contribution is 5.81. The monoisotopic (exact) mass is 399 g/mol. The van der Waals surface area contributed by atoms with Crippen LogP contribution in [0.5, 0.6) is 0 Å². The van der Waals surface area contributed by atoms with Crippen LogP contribution < -0.4 is 5.32 Å². The Balaban J connectivity index is 1.85. The molecule has 1 atom stereocenters. The van der Waals surface area contributed by atoms with Crippen LogP contribution in [0.4, 0.5) is 0 Å². The van der Waals surface area contributed by atoms with E-state index in [4.69, 9.17) is 4.74 Å². The highest BCUT2D eigenvalue weighted by Crippen LogP contribution is 2.18. The fourth-order valence-corrected chi connectivity index (χ4v) is 3.35. The molecule has 1 aromatic heterocycles. The second-order valence-electron chi connectivity index (χ2n) is 7.45. The zero-order chi connectivity index (χ0) is 21.2. The Labute approximate surface area is 173 Å². The van der Waals surface area contributed by atoms with E-state index in [9.17, 15) is 9.59 Å². The van der Waals surface area contributed by atoms with Gasteiger partial charge in [0.25, 0.3) is 5.91 Å². The van der Waals surface area contributed by atoms with E-state index in [1.54, 1.807) is 0 Å². The first-order valence-electron chi connectivity index (χ1n) is 10.5. The van der Waals surface area contributed by atoms with Crippen molar-refractivity contribution < 1.29 is 14.3 Å². The number of unbranched alkanes of at least 4 members (excludes halogenated alkanes) is 1. The van der Waals surface area contributed by atoms with Crippen molar-refractivity contribution in [2.24, 2.45) is 5.92 Å². The molecule has 2 rings (SSSR count). The molecule has 0 radical (unpaired) electrons. The van der Waals surface area contributed by atoms with Crippen LogP contribution >= 0.6 is 0 Å². The molecule has 1 aromatic carbocycles. The minimum absolute atomic E-state index is 0.103. The van der Waals surface area contributed by atoms with E-state index in [1.165, 1.54) is 6.42 Å². The number of benzene rings is 1. The number of nitrogens with zero attached hydrogens (tertiary/aromatic N) is 2. The summed E-state index contributed by atoms with van der Waals surface area (Å²) in [6.45, 7) is 8.50. The fourth-order valence-electron chi connectivity index (χ4n) is 3.35. The number of para-hydroxylation sites is 1. The summed E-state index contributed by atoms with van der Waals surface area (Å²) in [5.41, 5.74) is 3.47. The predicted octanol–water partition coefficient (Wildman–Crippen LogP) is 3.91. The van der Waals surface area contributed by atoms with E-state index in [1.807, 2.05) is 48.9 Å². The average Bonchev–Trinajstić information content (AvgIpc) is 3.01. The Kier molecular flexibility index (Phi) is 8.90. The van der Waals surface area contributed by atoms with Crippen molar-refractivity contribution in [1.29, 1.82) is 0 Å². The normalized spacial score (nSPS) is 11.9. The SMILES string of the molecule is CCCC[C@H](CC)CNC(=O)COC(=O)Cc1c(C)nn(-c2ccccc2)c1C. The van der Waals surface area contributed by atoms with E-state index < -0.39 is 5.97 Å². The second-order valence-corrected chi connectivity index (χ2v) is 7.45. The molecule has 0 fully saturated rings. The zero-order valence-electron chi connectivity index (χ0n) is 18.0. The Morgan fingerprint density at radius 3 is 2.55 bits per heavy atom. The summed E-state index contributed by atoms with van der Waals surface area (Å²) in [6, 6.07) is 9.78. The number of hydrogen-bond acceptors (Lipinski definition) is 4. The van der Waals surface area contributed by atoms with Gasteiger partial charge in [-0.05, 0) is 38.3 Å². The number of hydrogen-bond donors (Lipinski definition) is 1. The van der Waals surface area contributed by atoms with E-state index in [0.29, 0.717) is 12.5 Å². The van der Waals surface area contributed by atoms with Crippen LogP contribution in [0.25, 0.3) is 5.69 Å². The van der Waals surface area contributed by atoms with Crippen molar-refractivity contribution in [2.45, 2.75) is 59.8 Å². The molecule has 158 valence electrons. The maximum absolute atomic E-state index is 12.3. The van der Waals surface area contributed by atoms with Gasteiger partial charge in [0.15, 0.2) is 6.61 Å². The smallest absolute Gasteiger partial charge is 0.310 e. The molecule has 1 amide bonds. The number of esters is 1. The molecule has 6 nitrogen and oxygen atoms in total. The van der Waals surface area contributed by atoms with E-state index in [0.717, 1.165) is 41.9 Å². The molecule has 0 saturated heterocycles. The largest absolute Gasteiger partial charge is 0.455 e. The van der Waals surface area contributed by atoms with Crippen molar-refractivity contribution in [3.05, 3.63) is 47.3 Å². The number of nitrogens with one attached hydrogen (secondary N) is 1. The lowest BCUT2D eigenvalue weighted by molar-refractivity contribution is -0.147. The second kappa shape index (κ2) is 11.4. The minimum Gasteiger partial charge on any atom is -0.455 e. The molecule has 1 heterocycles. The van der Waals surface area contributed by atoms with Gasteiger partial charge in [-0.15, -0.1) is 0 Å². The van der Waals surface area contributed by atoms with Crippen molar-refractivity contribution in [2.75, 3.05) is 13.2 Å². The third-order valence-electron chi connectivity index (χ3n) is 5.26. The molecular weight excluding hydrogens is 366 g/mol. The summed E-state index contributed by atoms with van der Waals surface area (Å²) in [5, 5.41) is 7.42. The zero-order valence-corrected chi connectivity index (χ0v) is 18.0. The van der Waals surface area contributed by atoms with Crippen molar-refractivity contribution in [1.82, 2.24) is 15.1 Å². The molecule has 0 aliphatic carbocycles. The lowest BCUT2D eigenvalue weighted by Gasteiger charge is -2.15. The van der Waals surface area contributed by atoms with Crippen LogP contribution in [0, 0.1) is 19.8 Å². The maximum atomic E-state index is 12.3. The third kappa shape index (κ3) is 6.73. The molecule has 6 heteroatoms. The van der Waals surface area contributed by atoms with Gasteiger partial charge in [0.05, 0.1) is 17.8 Å². The van der Waals surface area contributed by atoms with Crippen LogP contribution in [-0.4, -0.2) is 34.8 Å².